The van der Waals surface area contributed by atoms with E-state index in [0.717, 1.165) is 121 Å². The maximum absolute atomic E-state index is 12.1. The molecule has 0 fully saturated rings. The number of hydrogen-bond donors (Lipinski definition) is 0. The molecule has 0 amide bonds. The van der Waals surface area contributed by atoms with E-state index in [-0.39, 0.29) is 39.0 Å². The average Bonchev–Trinajstić information content (AvgIpc) is 0.762. The van der Waals surface area contributed by atoms with Gasteiger partial charge in [-0.3, -0.25) is 59.8 Å². The molecule has 7 aromatic carbocycles. The van der Waals surface area contributed by atoms with Crippen LogP contribution in [0.25, 0.3) is 134 Å². The maximum Gasteiger partial charge on any atom is 0.216 e. The summed E-state index contributed by atoms with van der Waals surface area (Å²) in [6.45, 7) is 4.02. The summed E-state index contributed by atoms with van der Waals surface area (Å²) in [6.07, 6.45) is 24.5. The Bertz CT molecular complexity index is 5910. The second-order valence-electron chi connectivity index (χ2n) is 26.3. The van der Waals surface area contributed by atoms with Gasteiger partial charge in [-0.1, -0.05) is 188 Å². The van der Waals surface area contributed by atoms with Gasteiger partial charge in [-0.2, -0.15) is 4.74 Å². The Morgan fingerprint density at radius 3 is 0.752 bits per heavy atom. The molecule has 0 bridgehead atoms. The number of nitrogens with zero attached hydrogens (tertiary/aromatic N) is 14. The summed E-state index contributed by atoms with van der Waals surface area (Å²) in [7, 11) is 1.45. The number of benzene rings is 7. The van der Waals surface area contributed by atoms with Crippen LogP contribution in [0.15, 0.2) is 396 Å². The first-order valence-corrected chi connectivity index (χ1v) is 37.2. The monoisotopic (exact) mass is 1700 g/mol. The summed E-state index contributed by atoms with van der Waals surface area (Å²) >= 11 is 0. The molecule has 16 nitrogen and oxygen atoms in total. The molecule has 12 aromatic heterocycles. The third kappa shape index (κ3) is 21.7. The van der Waals surface area contributed by atoms with Crippen LogP contribution in [-0.4, -0.2) is 88.8 Å². The summed E-state index contributed by atoms with van der Waals surface area (Å²) in [4.78, 5) is 52.6. The molecule has 0 N–H and O–H groups in total. The SMILES string of the molecule is Cc1ccnc(-c2cc(/C=[N+](/C)[O-])ccn2)c1.Cc1ccnc(-c2cc(/C=[N+](\[O-])c3ccccc3)ccn2)c1.[Ru].[Ru].c1ccc(-c2ccccn2)nc1.c1ccc(-c2ccccn2)nc1.c1ccc(-c2ccnc3c2ccc2c(-c4ccccc4)ccnc23)cc1.c1ccc(-c2ccnc3c2ccc2c(-c4ccccc4)ccnc23)cc1. The zero-order valence-corrected chi connectivity index (χ0v) is 67.4. The molecule has 117 heavy (non-hydrogen) atoms. The average molecular weight is 1700 g/mol. The van der Waals surface area contributed by atoms with Crippen LogP contribution in [0.2, 0.25) is 0 Å². The molecule has 0 unspecified atom stereocenters. The molecule has 570 valence electrons. The van der Waals surface area contributed by atoms with Crippen LogP contribution in [0.3, 0.4) is 0 Å². The Morgan fingerprint density at radius 2 is 0.479 bits per heavy atom. The van der Waals surface area contributed by atoms with Crippen molar-refractivity contribution in [3.05, 3.63) is 429 Å². The van der Waals surface area contributed by atoms with Gasteiger partial charge in [-0.25, -0.2) is 4.74 Å². The molecule has 18 heteroatoms. The molecule has 19 rings (SSSR count). The van der Waals surface area contributed by atoms with Crippen LogP contribution < -0.4 is 0 Å². The van der Waals surface area contributed by atoms with Gasteiger partial charge in [0.25, 0.3) is 0 Å². The number of para-hydroxylation sites is 1. The van der Waals surface area contributed by atoms with Crippen LogP contribution in [0, 0.1) is 24.3 Å². The predicted octanol–water partition coefficient (Wildman–Crippen LogP) is 22.2. The minimum absolute atomic E-state index is 0. The fourth-order valence-corrected chi connectivity index (χ4v) is 12.9. The molecular weight excluding hydrogens is 1620 g/mol. The molecule has 0 radical (unpaired) electrons. The predicted molar refractivity (Wildman–Crippen MR) is 465 cm³/mol. The van der Waals surface area contributed by atoms with Crippen molar-refractivity contribution in [2.24, 2.45) is 0 Å². The van der Waals surface area contributed by atoms with Crippen molar-refractivity contribution in [2.45, 2.75) is 13.8 Å². The molecule has 0 aliphatic carbocycles. The Labute approximate surface area is 704 Å². The largest absolute Gasteiger partial charge is 0.624 e. The number of aromatic nitrogens is 12. The van der Waals surface area contributed by atoms with E-state index in [1.54, 1.807) is 73.8 Å². The Kier molecular flexibility index (Phi) is 29.0. The molecule has 0 saturated carbocycles. The van der Waals surface area contributed by atoms with E-state index in [2.05, 4.69) is 205 Å². The van der Waals surface area contributed by atoms with Crippen molar-refractivity contribution < 1.29 is 48.4 Å². The van der Waals surface area contributed by atoms with Gasteiger partial charge in [0.2, 0.25) is 5.69 Å². The topological polar surface area (TPSA) is 207 Å². The third-order valence-corrected chi connectivity index (χ3v) is 18.3. The summed E-state index contributed by atoms with van der Waals surface area (Å²) in [5, 5.41) is 27.6. The first-order chi connectivity index (χ1) is 56.6. The Hall–Kier alpha value is -14.4. The zero-order valence-electron chi connectivity index (χ0n) is 64.0. The first kappa shape index (κ1) is 82.0. The number of pyridine rings is 12. The van der Waals surface area contributed by atoms with E-state index >= 15 is 0 Å². The van der Waals surface area contributed by atoms with Gasteiger partial charge < -0.3 is 10.4 Å². The fraction of sp³-hybridized carbons (Fsp3) is 0.0303. The van der Waals surface area contributed by atoms with Crippen LogP contribution in [0.1, 0.15) is 22.3 Å². The molecular formula is C99H76N14O2Ru2. The van der Waals surface area contributed by atoms with Crippen molar-refractivity contribution in [3.63, 3.8) is 0 Å². The number of rotatable bonds is 11. The molecule has 19 aromatic rings. The Balaban J connectivity index is 0.000000132. The molecule has 0 spiro atoms. The van der Waals surface area contributed by atoms with E-state index < -0.39 is 0 Å². The smallest absolute Gasteiger partial charge is 0.216 e. The Morgan fingerprint density at radius 1 is 0.231 bits per heavy atom. The fourth-order valence-electron chi connectivity index (χ4n) is 12.9. The first-order valence-electron chi connectivity index (χ1n) is 37.2. The van der Waals surface area contributed by atoms with E-state index in [1.165, 1.54) is 64.0 Å². The van der Waals surface area contributed by atoms with Gasteiger partial charge in [-0.05, 0) is 191 Å². The van der Waals surface area contributed by atoms with Crippen molar-refractivity contribution in [1.82, 2.24) is 59.8 Å². The van der Waals surface area contributed by atoms with Gasteiger partial charge in [-0.15, -0.1) is 0 Å². The van der Waals surface area contributed by atoms with E-state index in [0.29, 0.717) is 5.69 Å². The number of aryl methyl sites for hydroxylation is 2. The van der Waals surface area contributed by atoms with Crippen molar-refractivity contribution >= 4 is 61.7 Å². The minimum Gasteiger partial charge on any atom is -0.624 e. The van der Waals surface area contributed by atoms with E-state index in [9.17, 15) is 10.4 Å². The van der Waals surface area contributed by atoms with Crippen molar-refractivity contribution in [3.8, 4) is 90.1 Å². The van der Waals surface area contributed by atoms with Gasteiger partial charge in [0.15, 0.2) is 12.4 Å². The van der Waals surface area contributed by atoms with Gasteiger partial charge in [0.05, 0.1) is 67.6 Å². The quantitative estimate of drug-likeness (QED) is 0.0295. The molecule has 12 heterocycles. The van der Waals surface area contributed by atoms with Crippen LogP contribution in [0.4, 0.5) is 5.69 Å². The third-order valence-electron chi connectivity index (χ3n) is 18.3. The number of hydrogen-bond acceptors (Lipinski definition) is 14. The van der Waals surface area contributed by atoms with E-state index in [1.807, 2.05) is 190 Å². The van der Waals surface area contributed by atoms with Gasteiger partial charge in [0.1, 0.15) is 7.05 Å². The van der Waals surface area contributed by atoms with Gasteiger partial charge in [0, 0.05) is 158 Å². The summed E-state index contributed by atoms with van der Waals surface area (Å²) < 4.78 is 1.62. The summed E-state index contributed by atoms with van der Waals surface area (Å²) in [6, 6.07) is 106. The molecule has 0 aliphatic rings. The molecule has 0 aliphatic heterocycles. The van der Waals surface area contributed by atoms with Crippen LogP contribution in [0.5, 0.6) is 0 Å². The van der Waals surface area contributed by atoms with Gasteiger partial charge >= 0.3 is 0 Å². The maximum atomic E-state index is 12.1. The summed E-state index contributed by atoms with van der Waals surface area (Å²) in [5.74, 6) is 0. The second-order valence-corrected chi connectivity index (χ2v) is 26.3. The van der Waals surface area contributed by atoms with Crippen molar-refractivity contribution in [2.75, 3.05) is 7.05 Å². The standard InChI is InChI=1S/2C24H16N2.C18H15N3O.C13H13N3O.2C10H8N2.2Ru/c2*1-3-7-17(8-4-1)19-13-15-25-23-21(19)11-12-22-20(14-16-26-24(22)23)18-9-5-2-6-10-18;1-14-7-9-19-17(11-14)18-12-15(8-10-20-18)13-21(22)16-5-3-2-4-6-16;1-10-3-5-14-12(7-10)13-8-11(4-6-15-13)9-16(2)17;2*1-3-7-11-9(5-1)10-6-2-4-8-12-10;;/h2*1-16H;2-13H,1H3;3-9H,1-2H3;2*1-8H;;/b;;21-13-;16-9-;;;;. The van der Waals surface area contributed by atoms with Crippen molar-refractivity contribution in [1.29, 1.82) is 0 Å². The zero-order chi connectivity index (χ0) is 78.8. The number of fused-ring (bicyclic) bond motifs is 6. The van der Waals surface area contributed by atoms with E-state index in [4.69, 9.17) is 0 Å². The number of hydroxylamine groups is 1. The molecule has 0 atom stereocenters. The normalized spacial score (nSPS) is 10.7. The van der Waals surface area contributed by atoms with Crippen LogP contribution in [-0.2, 0) is 39.0 Å². The minimum atomic E-state index is 0. The second kappa shape index (κ2) is 41.4. The molecule has 0 saturated heterocycles. The summed E-state index contributed by atoms with van der Waals surface area (Å²) in [5.41, 5.74) is 24.5. The van der Waals surface area contributed by atoms with Crippen LogP contribution >= 0.6 is 0 Å².